The third-order valence-electron chi connectivity index (χ3n) is 3.74. The number of nitrogens with zero attached hydrogens (tertiary/aromatic N) is 1. The van der Waals surface area contributed by atoms with Gasteiger partial charge in [0.25, 0.3) is 0 Å². The third kappa shape index (κ3) is 4.58. The van der Waals surface area contributed by atoms with E-state index in [1.54, 1.807) is 24.6 Å². The molecule has 3 rings (SSSR count). The number of pyridine rings is 1. The predicted octanol–water partition coefficient (Wildman–Crippen LogP) is 3.82. The highest BCUT2D eigenvalue weighted by molar-refractivity contribution is 7.08. The van der Waals surface area contributed by atoms with Crippen molar-refractivity contribution >= 4 is 17.4 Å². The van der Waals surface area contributed by atoms with E-state index in [-0.39, 0.29) is 6.03 Å². The molecule has 0 spiro atoms. The molecule has 25 heavy (non-hydrogen) atoms. The normalized spacial score (nSPS) is 10.3. The maximum absolute atomic E-state index is 12.0. The van der Waals surface area contributed by atoms with E-state index in [1.807, 2.05) is 47.8 Å². The molecule has 0 bridgehead atoms. The number of benzene rings is 1. The second-order valence-corrected chi connectivity index (χ2v) is 6.19. The van der Waals surface area contributed by atoms with Gasteiger partial charge in [-0.05, 0) is 40.8 Å². The smallest absolute Gasteiger partial charge is 0.315 e. The molecule has 0 fully saturated rings. The molecule has 2 amide bonds. The molecule has 1 aromatic carbocycles. The molecule has 128 valence electrons. The van der Waals surface area contributed by atoms with E-state index < -0.39 is 0 Å². The molecule has 0 radical (unpaired) electrons. The molecule has 2 aromatic heterocycles. The van der Waals surface area contributed by atoms with Gasteiger partial charge in [-0.2, -0.15) is 11.3 Å². The molecular weight excluding hydrogens is 334 g/mol. The number of ether oxygens (including phenoxy) is 1. The Labute approximate surface area is 150 Å². The van der Waals surface area contributed by atoms with Crippen molar-refractivity contribution in [1.29, 1.82) is 0 Å². The predicted molar refractivity (Wildman–Crippen MR) is 99.6 cm³/mol. The standard InChI is InChI=1S/C19H19N3O2S/c1-24-17-6-4-14(5-7-17)11-21-19(23)22-12-15-3-2-9-20-18(15)16-8-10-25-13-16/h2-10,13H,11-12H2,1H3,(H2,21,22,23). The van der Waals surface area contributed by atoms with Gasteiger partial charge in [0.1, 0.15) is 5.75 Å². The number of carbonyl (C=O) groups is 1. The van der Waals surface area contributed by atoms with Crippen LogP contribution in [0.5, 0.6) is 5.75 Å². The first kappa shape index (κ1) is 17.0. The highest BCUT2D eigenvalue weighted by Crippen LogP contribution is 2.23. The number of hydrogen-bond donors (Lipinski definition) is 2. The molecule has 0 aliphatic carbocycles. The molecule has 0 unspecified atom stereocenters. The fourth-order valence-corrected chi connectivity index (χ4v) is 3.04. The lowest BCUT2D eigenvalue weighted by atomic mass is 10.1. The first-order valence-electron chi connectivity index (χ1n) is 7.87. The average molecular weight is 353 g/mol. The Balaban J connectivity index is 1.54. The van der Waals surface area contributed by atoms with Gasteiger partial charge in [0.2, 0.25) is 0 Å². The number of rotatable bonds is 6. The quantitative estimate of drug-likeness (QED) is 0.708. The number of amides is 2. The number of hydrogen-bond acceptors (Lipinski definition) is 4. The second-order valence-electron chi connectivity index (χ2n) is 5.41. The summed E-state index contributed by atoms with van der Waals surface area (Å²) in [5, 5.41) is 9.80. The Kier molecular flexibility index (Phi) is 5.64. The largest absolute Gasteiger partial charge is 0.497 e. The average Bonchev–Trinajstić information content (AvgIpc) is 3.20. The molecule has 3 aromatic rings. The van der Waals surface area contributed by atoms with Crippen LogP contribution in [0.4, 0.5) is 4.79 Å². The Morgan fingerprint density at radius 1 is 1.12 bits per heavy atom. The number of carbonyl (C=O) groups excluding carboxylic acids is 1. The summed E-state index contributed by atoms with van der Waals surface area (Å²) < 4.78 is 5.12. The third-order valence-corrected chi connectivity index (χ3v) is 4.42. The summed E-state index contributed by atoms with van der Waals surface area (Å²) in [6, 6.07) is 13.3. The van der Waals surface area contributed by atoms with Gasteiger partial charge in [0.15, 0.2) is 0 Å². The Morgan fingerprint density at radius 2 is 1.92 bits per heavy atom. The van der Waals surface area contributed by atoms with Crippen LogP contribution in [0.15, 0.2) is 59.4 Å². The van der Waals surface area contributed by atoms with Gasteiger partial charge in [0, 0.05) is 30.2 Å². The Hall–Kier alpha value is -2.86. The number of thiophene rings is 1. The van der Waals surface area contributed by atoms with E-state index in [2.05, 4.69) is 21.0 Å². The van der Waals surface area contributed by atoms with Crippen LogP contribution < -0.4 is 15.4 Å². The lowest BCUT2D eigenvalue weighted by Crippen LogP contribution is -2.34. The van der Waals surface area contributed by atoms with Gasteiger partial charge in [-0.1, -0.05) is 18.2 Å². The molecule has 6 heteroatoms. The number of nitrogens with one attached hydrogen (secondary N) is 2. The summed E-state index contributed by atoms with van der Waals surface area (Å²) in [7, 11) is 1.63. The Bertz CT molecular complexity index is 817. The van der Waals surface area contributed by atoms with Gasteiger partial charge in [-0.3, -0.25) is 4.98 Å². The van der Waals surface area contributed by atoms with Gasteiger partial charge >= 0.3 is 6.03 Å². The van der Waals surface area contributed by atoms with Crippen molar-refractivity contribution in [3.8, 4) is 17.0 Å². The van der Waals surface area contributed by atoms with Crippen LogP contribution in [-0.4, -0.2) is 18.1 Å². The fourth-order valence-electron chi connectivity index (χ4n) is 2.40. The van der Waals surface area contributed by atoms with E-state index in [4.69, 9.17) is 4.74 Å². The monoisotopic (exact) mass is 353 g/mol. The van der Waals surface area contributed by atoms with Crippen molar-refractivity contribution in [3.05, 3.63) is 70.5 Å². The van der Waals surface area contributed by atoms with Crippen LogP contribution in [0.3, 0.4) is 0 Å². The molecule has 0 saturated heterocycles. The first-order valence-corrected chi connectivity index (χ1v) is 8.81. The van der Waals surface area contributed by atoms with E-state index in [9.17, 15) is 4.79 Å². The van der Waals surface area contributed by atoms with Gasteiger partial charge in [0.05, 0.1) is 12.8 Å². The molecule has 0 aliphatic heterocycles. The van der Waals surface area contributed by atoms with Crippen molar-refractivity contribution in [2.24, 2.45) is 0 Å². The van der Waals surface area contributed by atoms with Crippen molar-refractivity contribution in [2.45, 2.75) is 13.1 Å². The summed E-state index contributed by atoms with van der Waals surface area (Å²) in [4.78, 5) is 16.5. The van der Waals surface area contributed by atoms with Crippen molar-refractivity contribution < 1.29 is 9.53 Å². The molecule has 0 saturated carbocycles. The summed E-state index contributed by atoms with van der Waals surface area (Å²) in [5.41, 5.74) is 3.97. The van der Waals surface area contributed by atoms with E-state index in [0.29, 0.717) is 13.1 Å². The topological polar surface area (TPSA) is 63.2 Å². The molecular formula is C19H19N3O2S. The van der Waals surface area contributed by atoms with E-state index in [1.165, 1.54) is 0 Å². The highest BCUT2D eigenvalue weighted by atomic mass is 32.1. The lowest BCUT2D eigenvalue weighted by Gasteiger charge is -2.10. The lowest BCUT2D eigenvalue weighted by molar-refractivity contribution is 0.240. The zero-order valence-corrected chi connectivity index (χ0v) is 14.7. The minimum absolute atomic E-state index is 0.212. The van der Waals surface area contributed by atoms with Crippen LogP contribution in [0, 0.1) is 0 Å². The summed E-state index contributed by atoms with van der Waals surface area (Å²) >= 11 is 1.63. The first-order chi connectivity index (χ1) is 12.3. The summed E-state index contributed by atoms with van der Waals surface area (Å²) in [6.07, 6.45) is 1.76. The fraction of sp³-hybridized carbons (Fsp3) is 0.158. The Morgan fingerprint density at radius 3 is 2.64 bits per heavy atom. The summed E-state index contributed by atoms with van der Waals surface area (Å²) in [6.45, 7) is 0.883. The summed E-state index contributed by atoms with van der Waals surface area (Å²) in [5.74, 6) is 0.797. The van der Waals surface area contributed by atoms with Crippen molar-refractivity contribution in [1.82, 2.24) is 15.6 Å². The van der Waals surface area contributed by atoms with E-state index in [0.717, 1.165) is 28.1 Å². The minimum Gasteiger partial charge on any atom is -0.497 e. The van der Waals surface area contributed by atoms with Crippen LogP contribution in [-0.2, 0) is 13.1 Å². The second kappa shape index (κ2) is 8.30. The molecule has 2 heterocycles. The SMILES string of the molecule is COc1ccc(CNC(=O)NCc2cccnc2-c2ccsc2)cc1. The van der Waals surface area contributed by atoms with Gasteiger partial charge < -0.3 is 15.4 Å². The number of methoxy groups -OCH3 is 1. The van der Waals surface area contributed by atoms with Crippen LogP contribution in [0.2, 0.25) is 0 Å². The molecule has 5 nitrogen and oxygen atoms in total. The van der Waals surface area contributed by atoms with Crippen LogP contribution in [0.25, 0.3) is 11.3 Å². The molecule has 0 aliphatic rings. The van der Waals surface area contributed by atoms with Crippen LogP contribution in [0.1, 0.15) is 11.1 Å². The zero-order chi connectivity index (χ0) is 17.5. The number of aromatic nitrogens is 1. The van der Waals surface area contributed by atoms with E-state index >= 15 is 0 Å². The van der Waals surface area contributed by atoms with Gasteiger partial charge in [-0.25, -0.2) is 4.79 Å². The zero-order valence-electron chi connectivity index (χ0n) is 13.9. The molecule has 0 atom stereocenters. The van der Waals surface area contributed by atoms with Crippen molar-refractivity contribution in [2.75, 3.05) is 7.11 Å². The van der Waals surface area contributed by atoms with Crippen molar-refractivity contribution in [3.63, 3.8) is 0 Å². The minimum atomic E-state index is -0.212. The maximum atomic E-state index is 12.0. The highest BCUT2D eigenvalue weighted by Gasteiger charge is 2.08. The number of urea groups is 1. The molecule has 2 N–H and O–H groups in total. The van der Waals surface area contributed by atoms with Gasteiger partial charge in [-0.15, -0.1) is 0 Å². The maximum Gasteiger partial charge on any atom is 0.315 e. The van der Waals surface area contributed by atoms with Crippen LogP contribution >= 0.6 is 11.3 Å².